The summed E-state index contributed by atoms with van der Waals surface area (Å²) in [7, 11) is 1.32. The van der Waals surface area contributed by atoms with Gasteiger partial charge in [0.15, 0.2) is 6.54 Å². The van der Waals surface area contributed by atoms with Crippen molar-refractivity contribution in [1.29, 1.82) is 0 Å². The molecule has 4 rings (SSSR count). The van der Waals surface area contributed by atoms with Gasteiger partial charge in [0.2, 0.25) is 0 Å². The van der Waals surface area contributed by atoms with Crippen molar-refractivity contribution >= 4 is 61.7 Å². The number of hydrogen-bond donors (Lipinski definition) is 3. The fraction of sp³-hybridized carbons (Fsp3) is 0.304. The van der Waals surface area contributed by atoms with Gasteiger partial charge in [-0.1, -0.05) is 33.6 Å². The van der Waals surface area contributed by atoms with Crippen LogP contribution in [0.5, 0.6) is 0 Å². The number of quaternary nitrogens is 1. The highest BCUT2D eigenvalue weighted by Gasteiger charge is 2.25. The maximum Gasteiger partial charge on any atom is 0.356 e. The van der Waals surface area contributed by atoms with Crippen molar-refractivity contribution in [2.24, 2.45) is 0 Å². The van der Waals surface area contributed by atoms with Crippen molar-refractivity contribution < 1.29 is 19.2 Å². The molecule has 1 fully saturated rings. The summed E-state index contributed by atoms with van der Waals surface area (Å²) >= 11 is 9.62. The lowest BCUT2D eigenvalue weighted by molar-refractivity contribution is -0.892. The predicted molar refractivity (Wildman–Crippen MR) is 130 cm³/mol. The molecular weight excluding hydrogens is 496 g/mol. The van der Waals surface area contributed by atoms with Crippen LogP contribution in [0, 0.1) is 6.92 Å². The zero-order valence-corrected chi connectivity index (χ0v) is 20.3. The topological polar surface area (TPSA) is 78.9 Å². The van der Waals surface area contributed by atoms with Gasteiger partial charge >= 0.3 is 5.97 Å². The van der Waals surface area contributed by atoms with E-state index in [-0.39, 0.29) is 11.6 Å². The largest absolute Gasteiger partial charge is 0.464 e. The number of carbonyl (C=O) groups excluding carboxylic acids is 2. The number of hydrogen-bond acceptors (Lipinski definition) is 4. The number of piperazine rings is 1. The predicted octanol–water partition coefficient (Wildman–Crippen LogP) is 3.02. The summed E-state index contributed by atoms with van der Waals surface area (Å²) in [6.07, 6.45) is 0. The van der Waals surface area contributed by atoms with Gasteiger partial charge < -0.3 is 24.8 Å². The Morgan fingerprint density at radius 1 is 1.22 bits per heavy atom. The Morgan fingerprint density at radius 2 is 1.97 bits per heavy atom. The standard InChI is InChI=1S/C23H24BrClN4O3/c1-14-3-5-16(25)12-19(14)29-9-7-28(8-10-29)13-20(30)27-21-17-11-15(24)4-6-18(17)26-22(21)23(31)32-2/h3-6,11-12,26H,7-10,13H2,1-2H3,(H,27,30)/p+1. The van der Waals surface area contributed by atoms with Crippen molar-refractivity contribution in [1.82, 2.24) is 4.98 Å². The minimum absolute atomic E-state index is 0.140. The van der Waals surface area contributed by atoms with Crippen LogP contribution in [-0.4, -0.2) is 56.7 Å². The first-order valence-electron chi connectivity index (χ1n) is 10.4. The van der Waals surface area contributed by atoms with Crippen molar-refractivity contribution in [2.45, 2.75) is 6.92 Å². The number of ether oxygens (including phenoxy) is 1. The van der Waals surface area contributed by atoms with Crippen LogP contribution in [0.15, 0.2) is 40.9 Å². The SMILES string of the molecule is COC(=O)c1[nH]c2ccc(Br)cc2c1NC(=O)C[NH+]1CCN(c2cc(Cl)ccc2C)CC1. The lowest BCUT2D eigenvalue weighted by Gasteiger charge is -2.34. The molecule has 3 aromatic rings. The average Bonchev–Trinajstić information content (AvgIpc) is 3.13. The lowest BCUT2D eigenvalue weighted by atomic mass is 10.1. The molecule has 0 saturated carbocycles. The third-order valence-corrected chi connectivity index (χ3v) is 6.54. The second-order valence-electron chi connectivity index (χ2n) is 7.95. The zero-order chi connectivity index (χ0) is 22.8. The number of fused-ring (bicyclic) bond motifs is 1. The molecule has 0 aliphatic carbocycles. The van der Waals surface area contributed by atoms with E-state index in [0.717, 1.165) is 52.3 Å². The first-order valence-corrected chi connectivity index (χ1v) is 11.6. The minimum atomic E-state index is -0.523. The minimum Gasteiger partial charge on any atom is -0.464 e. The van der Waals surface area contributed by atoms with Crippen molar-refractivity contribution in [3.8, 4) is 0 Å². The van der Waals surface area contributed by atoms with Crippen LogP contribution in [0.4, 0.5) is 11.4 Å². The summed E-state index contributed by atoms with van der Waals surface area (Å²) < 4.78 is 5.74. The van der Waals surface area contributed by atoms with E-state index in [1.54, 1.807) is 0 Å². The monoisotopic (exact) mass is 519 g/mol. The van der Waals surface area contributed by atoms with E-state index in [0.29, 0.717) is 12.2 Å². The molecule has 1 aromatic heterocycles. The number of carbonyl (C=O) groups is 2. The summed E-state index contributed by atoms with van der Waals surface area (Å²) in [4.78, 5) is 31.7. The van der Waals surface area contributed by atoms with Crippen LogP contribution in [-0.2, 0) is 9.53 Å². The molecule has 0 spiro atoms. The maximum absolute atomic E-state index is 12.9. The molecule has 32 heavy (non-hydrogen) atoms. The zero-order valence-electron chi connectivity index (χ0n) is 17.9. The van der Waals surface area contributed by atoms with E-state index in [9.17, 15) is 9.59 Å². The number of methoxy groups -OCH3 is 1. The summed E-state index contributed by atoms with van der Waals surface area (Å²) in [5.41, 5.74) is 3.78. The molecule has 7 nitrogen and oxygen atoms in total. The molecule has 1 aliphatic rings. The van der Waals surface area contributed by atoms with Gasteiger partial charge in [-0.15, -0.1) is 0 Å². The Hall–Kier alpha value is -2.55. The van der Waals surface area contributed by atoms with Gasteiger partial charge in [-0.25, -0.2) is 4.79 Å². The van der Waals surface area contributed by atoms with E-state index < -0.39 is 5.97 Å². The van der Waals surface area contributed by atoms with Crippen LogP contribution < -0.4 is 15.1 Å². The number of aromatic amines is 1. The number of esters is 1. The summed E-state index contributed by atoms with van der Waals surface area (Å²) in [5, 5.41) is 4.42. The number of H-pyrrole nitrogens is 1. The average molecular weight is 521 g/mol. The molecule has 1 amide bonds. The normalized spacial score (nSPS) is 14.6. The molecule has 0 radical (unpaired) electrons. The van der Waals surface area contributed by atoms with Crippen molar-refractivity contribution in [2.75, 3.05) is 50.1 Å². The Kier molecular flexibility index (Phi) is 6.74. The second kappa shape index (κ2) is 9.52. The number of rotatable bonds is 5. The van der Waals surface area contributed by atoms with E-state index in [4.69, 9.17) is 16.3 Å². The molecule has 1 saturated heterocycles. The molecule has 0 bridgehead atoms. The van der Waals surface area contributed by atoms with E-state index in [1.807, 2.05) is 36.4 Å². The van der Waals surface area contributed by atoms with Crippen LogP contribution in [0.3, 0.4) is 0 Å². The van der Waals surface area contributed by atoms with Gasteiger partial charge in [-0.2, -0.15) is 0 Å². The van der Waals surface area contributed by atoms with Crippen molar-refractivity contribution in [3.63, 3.8) is 0 Å². The smallest absolute Gasteiger partial charge is 0.356 e. The second-order valence-corrected chi connectivity index (χ2v) is 9.30. The van der Waals surface area contributed by atoms with Crippen LogP contribution in [0.2, 0.25) is 5.02 Å². The molecule has 1 aliphatic heterocycles. The van der Waals surface area contributed by atoms with Gasteiger partial charge in [0.05, 0.1) is 39.0 Å². The van der Waals surface area contributed by atoms with E-state index >= 15 is 0 Å². The van der Waals surface area contributed by atoms with Crippen LogP contribution in [0.25, 0.3) is 10.9 Å². The number of amides is 1. The Bertz CT molecular complexity index is 1170. The highest BCUT2D eigenvalue weighted by Crippen LogP contribution is 2.30. The third kappa shape index (κ3) is 4.77. The fourth-order valence-electron chi connectivity index (χ4n) is 4.12. The van der Waals surface area contributed by atoms with Gasteiger partial charge in [0.1, 0.15) is 5.69 Å². The Balaban J connectivity index is 1.44. The number of nitrogens with one attached hydrogen (secondary N) is 3. The molecule has 0 unspecified atom stereocenters. The van der Waals surface area contributed by atoms with Crippen LogP contribution in [0.1, 0.15) is 16.1 Å². The molecule has 3 N–H and O–H groups in total. The fourth-order valence-corrected chi connectivity index (χ4v) is 4.65. The molecule has 2 aromatic carbocycles. The van der Waals surface area contributed by atoms with Crippen molar-refractivity contribution in [3.05, 3.63) is 57.2 Å². The summed E-state index contributed by atoms with van der Waals surface area (Å²) in [6.45, 7) is 5.76. The van der Waals surface area contributed by atoms with E-state index in [1.165, 1.54) is 17.6 Å². The molecule has 168 valence electrons. The molecule has 2 heterocycles. The number of aryl methyl sites for hydroxylation is 1. The van der Waals surface area contributed by atoms with Gasteiger partial charge in [-0.05, 0) is 42.8 Å². The van der Waals surface area contributed by atoms with E-state index in [2.05, 4.69) is 38.1 Å². The highest BCUT2D eigenvalue weighted by molar-refractivity contribution is 9.10. The number of halogens is 2. The number of benzene rings is 2. The summed E-state index contributed by atoms with van der Waals surface area (Å²) in [5.74, 6) is -0.663. The highest BCUT2D eigenvalue weighted by atomic mass is 79.9. The van der Waals surface area contributed by atoms with Gasteiger partial charge in [0, 0.05) is 26.1 Å². The quantitative estimate of drug-likeness (QED) is 0.452. The third-order valence-electron chi connectivity index (χ3n) is 5.81. The molecule has 9 heteroatoms. The molecule has 0 atom stereocenters. The van der Waals surface area contributed by atoms with Gasteiger partial charge in [-0.3, -0.25) is 4.79 Å². The van der Waals surface area contributed by atoms with Crippen LogP contribution >= 0.6 is 27.5 Å². The maximum atomic E-state index is 12.9. The number of aromatic nitrogens is 1. The number of nitrogens with zero attached hydrogens (tertiary/aromatic N) is 1. The number of anilines is 2. The first kappa shape index (κ1) is 22.6. The molecular formula is C23H25BrClN4O3+. The Labute approximate surface area is 199 Å². The first-order chi connectivity index (χ1) is 15.4. The summed E-state index contributed by atoms with van der Waals surface area (Å²) in [6, 6.07) is 11.5. The Morgan fingerprint density at radius 3 is 2.69 bits per heavy atom. The van der Waals surface area contributed by atoms with Gasteiger partial charge in [0.25, 0.3) is 5.91 Å². The lowest BCUT2D eigenvalue weighted by Crippen LogP contribution is -3.15.